The van der Waals surface area contributed by atoms with Gasteiger partial charge in [0, 0.05) is 29.8 Å². The van der Waals surface area contributed by atoms with E-state index in [1.165, 1.54) is 0 Å². The van der Waals surface area contributed by atoms with Gasteiger partial charge in [-0.2, -0.15) is 5.26 Å². The molecule has 0 saturated heterocycles. The molecule has 0 saturated carbocycles. The number of nitriles is 1. The van der Waals surface area contributed by atoms with Crippen LogP contribution in [0.4, 0.5) is 14.9 Å². The summed E-state index contributed by atoms with van der Waals surface area (Å²) in [6.07, 6.45) is -0.730. The van der Waals surface area contributed by atoms with Crippen LogP contribution in [0, 0.1) is 11.3 Å². The number of aryl methyl sites for hydroxylation is 1. The third kappa shape index (κ3) is 4.66. The topological polar surface area (TPSA) is 76.3 Å². The van der Waals surface area contributed by atoms with Gasteiger partial charge in [-0.25, -0.2) is 9.18 Å². The molecule has 0 atom stereocenters. The highest BCUT2D eigenvalue weighted by molar-refractivity contribution is 5.96. The molecule has 0 radical (unpaired) electrons. The Kier molecular flexibility index (Phi) is 7.61. The summed E-state index contributed by atoms with van der Waals surface area (Å²) in [5, 5.41) is 13.1. The zero-order valence-electron chi connectivity index (χ0n) is 17.0. The Labute approximate surface area is 169 Å². The second-order valence-electron chi connectivity index (χ2n) is 5.81. The molecule has 2 aromatic carbocycles. The van der Waals surface area contributed by atoms with Crippen LogP contribution in [0.25, 0.3) is 22.2 Å². The van der Waals surface area contributed by atoms with E-state index in [1.807, 2.05) is 49.7 Å². The fourth-order valence-corrected chi connectivity index (χ4v) is 3.02. The van der Waals surface area contributed by atoms with Crippen molar-refractivity contribution in [2.45, 2.75) is 13.8 Å². The summed E-state index contributed by atoms with van der Waals surface area (Å²) in [6, 6.07) is 14.9. The number of nitrogens with zero attached hydrogens (tertiary/aromatic N) is 2. The summed E-state index contributed by atoms with van der Waals surface area (Å²) in [5.41, 5.74) is 3.37. The number of carbonyl (C=O) groups is 1. The first kappa shape index (κ1) is 21.8. The number of rotatable bonds is 5. The third-order valence-corrected chi connectivity index (χ3v) is 4.21. The maximum Gasteiger partial charge on any atom is 0.411 e. The molecule has 1 aromatic heterocycles. The molecule has 1 amide bonds. The number of methoxy groups -OCH3 is 1. The lowest BCUT2D eigenvalue weighted by Gasteiger charge is -2.09. The summed E-state index contributed by atoms with van der Waals surface area (Å²) in [6.45, 7) is 2.97. The number of ether oxygens (including phenoxy) is 2. The summed E-state index contributed by atoms with van der Waals surface area (Å²) in [5.74, 6) is 0.699. The van der Waals surface area contributed by atoms with E-state index in [0.717, 1.165) is 22.2 Å². The summed E-state index contributed by atoms with van der Waals surface area (Å²) < 4.78 is 24.0. The van der Waals surface area contributed by atoms with Crippen LogP contribution in [-0.2, 0) is 11.8 Å². The summed E-state index contributed by atoms with van der Waals surface area (Å²) in [7, 11) is 3.46. The Hall–Kier alpha value is -3.53. The number of hydrogen-bond acceptors (Lipinski definition) is 4. The first-order valence-electron chi connectivity index (χ1n) is 9.25. The van der Waals surface area contributed by atoms with Crippen LogP contribution in [0.5, 0.6) is 5.75 Å². The quantitative estimate of drug-likeness (QED) is 0.636. The van der Waals surface area contributed by atoms with Gasteiger partial charge in [0.2, 0.25) is 0 Å². The SMILES string of the molecule is CC.COc1ccc2c(C#N)c(-c3cccc(NC(=O)OCCF)c3)n(C)c2c1. The molecule has 0 aliphatic heterocycles. The zero-order chi connectivity index (χ0) is 21.4. The fourth-order valence-electron chi connectivity index (χ4n) is 3.02. The minimum atomic E-state index is -0.738. The van der Waals surface area contributed by atoms with Crippen LogP contribution < -0.4 is 10.1 Å². The maximum atomic E-state index is 12.1. The second kappa shape index (κ2) is 10.1. The fraction of sp³-hybridized carbons (Fsp3) is 0.273. The van der Waals surface area contributed by atoms with E-state index in [2.05, 4.69) is 16.1 Å². The van der Waals surface area contributed by atoms with Gasteiger partial charge in [0.1, 0.15) is 25.1 Å². The number of carbonyl (C=O) groups excluding carboxylic acids is 1. The molecule has 3 rings (SSSR count). The van der Waals surface area contributed by atoms with Crippen LogP contribution in [0.15, 0.2) is 42.5 Å². The molecule has 1 heterocycles. The maximum absolute atomic E-state index is 12.1. The molecule has 6 nitrogen and oxygen atoms in total. The average molecular weight is 397 g/mol. The highest BCUT2D eigenvalue weighted by Gasteiger charge is 2.17. The van der Waals surface area contributed by atoms with Gasteiger partial charge >= 0.3 is 6.09 Å². The van der Waals surface area contributed by atoms with Gasteiger partial charge < -0.3 is 14.0 Å². The van der Waals surface area contributed by atoms with Gasteiger partial charge in [0.05, 0.1) is 23.9 Å². The molecule has 3 aromatic rings. The number of anilines is 1. The van der Waals surface area contributed by atoms with Crippen molar-refractivity contribution in [3.8, 4) is 23.1 Å². The van der Waals surface area contributed by atoms with E-state index >= 15 is 0 Å². The smallest absolute Gasteiger partial charge is 0.411 e. The molecule has 0 aliphatic carbocycles. The van der Waals surface area contributed by atoms with Crippen molar-refractivity contribution in [2.75, 3.05) is 25.7 Å². The molecule has 7 heteroatoms. The molecule has 0 fully saturated rings. The van der Waals surface area contributed by atoms with E-state index in [9.17, 15) is 14.4 Å². The highest BCUT2D eigenvalue weighted by atomic mass is 19.1. The molecule has 1 N–H and O–H groups in total. The van der Waals surface area contributed by atoms with Crippen LogP contribution in [0.1, 0.15) is 19.4 Å². The Morgan fingerprint density at radius 2 is 2.00 bits per heavy atom. The van der Waals surface area contributed by atoms with Crippen molar-refractivity contribution in [2.24, 2.45) is 7.05 Å². The van der Waals surface area contributed by atoms with Crippen LogP contribution in [-0.4, -0.2) is 31.1 Å². The minimum Gasteiger partial charge on any atom is -0.497 e. The van der Waals surface area contributed by atoms with Crippen molar-refractivity contribution in [3.05, 3.63) is 48.0 Å². The van der Waals surface area contributed by atoms with Gasteiger partial charge in [0.15, 0.2) is 0 Å². The first-order valence-corrected chi connectivity index (χ1v) is 9.25. The van der Waals surface area contributed by atoms with Crippen LogP contribution in [0.3, 0.4) is 0 Å². The molecular formula is C22H24FN3O3. The van der Waals surface area contributed by atoms with Crippen molar-refractivity contribution < 1.29 is 18.7 Å². The lowest BCUT2D eigenvalue weighted by atomic mass is 10.1. The number of fused-ring (bicyclic) bond motifs is 1. The Morgan fingerprint density at radius 1 is 1.24 bits per heavy atom. The van der Waals surface area contributed by atoms with Gasteiger partial charge in [-0.15, -0.1) is 0 Å². The number of amides is 1. The van der Waals surface area contributed by atoms with E-state index in [-0.39, 0.29) is 6.61 Å². The number of halogens is 1. The molecule has 0 spiro atoms. The number of nitrogens with one attached hydrogen (secondary N) is 1. The number of aromatic nitrogens is 1. The highest BCUT2D eigenvalue weighted by Crippen LogP contribution is 2.35. The normalized spacial score (nSPS) is 9.93. The average Bonchev–Trinajstić information content (AvgIpc) is 3.04. The zero-order valence-corrected chi connectivity index (χ0v) is 17.0. The van der Waals surface area contributed by atoms with E-state index < -0.39 is 12.8 Å². The minimum absolute atomic E-state index is 0.296. The molecule has 29 heavy (non-hydrogen) atoms. The predicted molar refractivity (Wildman–Crippen MR) is 112 cm³/mol. The lowest BCUT2D eigenvalue weighted by molar-refractivity contribution is 0.152. The lowest BCUT2D eigenvalue weighted by Crippen LogP contribution is -2.15. The van der Waals surface area contributed by atoms with Crippen LogP contribution in [0.2, 0.25) is 0 Å². The number of benzene rings is 2. The van der Waals surface area contributed by atoms with Gasteiger partial charge in [0.25, 0.3) is 0 Å². The van der Waals surface area contributed by atoms with Crippen molar-refractivity contribution >= 4 is 22.7 Å². The summed E-state index contributed by atoms with van der Waals surface area (Å²) in [4.78, 5) is 11.6. The van der Waals surface area contributed by atoms with Gasteiger partial charge in [-0.05, 0) is 24.3 Å². The summed E-state index contributed by atoms with van der Waals surface area (Å²) >= 11 is 0. The molecule has 0 aliphatic rings. The first-order chi connectivity index (χ1) is 14.1. The molecule has 0 bridgehead atoms. The Morgan fingerprint density at radius 3 is 2.66 bits per heavy atom. The monoisotopic (exact) mass is 397 g/mol. The molecule has 0 unspecified atom stereocenters. The Balaban J connectivity index is 0.00000145. The number of alkyl halides is 1. The van der Waals surface area contributed by atoms with Crippen LogP contribution >= 0.6 is 0 Å². The molecular weight excluding hydrogens is 373 g/mol. The van der Waals surface area contributed by atoms with Crippen molar-refractivity contribution in [1.29, 1.82) is 5.26 Å². The van der Waals surface area contributed by atoms with E-state index in [0.29, 0.717) is 17.0 Å². The van der Waals surface area contributed by atoms with Gasteiger partial charge in [-0.1, -0.05) is 26.0 Å². The third-order valence-electron chi connectivity index (χ3n) is 4.21. The van der Waals surface area contributed by atoms with Crippen molar-refractivity contribution in [3.63, 3.8) is 0 Å². The van der Waals surface area contributed by atoms with Crippen molar-refractivity contribution in [1.82, 2.24) is 4.57 Å². The largest absolute Gasteiger partial charge is 0.497 e. The number of hydrogen-bond donors (Lipinski definition) is 1. The van der Waals surface area contributed by atoms with Gasteiger partial charge in [-0.3, -0.25) is 5.32 Å². The van der Waals surface area contributed by atoms with E-state index in [1.54, 1.807) is 25.3 Å². The molecule has 152 valence electrons. The van der Waals surface area contributed by atoms with E-state index in [4.69, 9.17) is 4.74 Å². The standard InChI is InChI=1S/C20H18FN3O3.C2H6/c1-24-18-11-15(26-2)6-7-16(18)17(12-22)19(24)13-4-3-5-14(10-13)23-20(25)27-9-8-21;1-2/h3-7,10-11H,8-9H2,1-2H3,(H,23,25);1-2H3. The second-order valence-corrected chi connectivity index (χ2v) is 5.81. The Bertz CT molecular complexity index is 1040. The predicted octanol–water partition coefficient (Wildman–Crippen LogP) is 5.27.